The van der Waals surface area contributed by atoms with Crippen molar-refractivity contribution in [3.63, 3.8) is 0 Å². The molecule has 140 valence electrons. The van der Waals surface area contributed by atoms with Crippen LogP contribution in [-0.4, -0.2) is 32.7 Å². The maximum absolute atomic E-state index is 11.3. The molecule has 1 aromatic carbocycles. The van der Waals surface area contributed by atoms with Crippen LogP contribution >= 0.6 is 0 Å². The van der Waals surface area contributed by atoms with Crippen molar-refractivity contribution in [3.05, 3.63) is 57.9 Å². The largest absolute Gasteiger partial charge is 0.434 e. The molecule has 0 bridgehead atoms. The first kappa shape index (κ1) is 16.6. The van der Waals surface area contributed by atoms with E-state index in [4.69, 9.17) is 9.40 Å². The number of nitrogens with zero attached hydrogens (tertiary/aromatic N) is 5. The van der Waals surface area contributed by atoms with Crippen molar-refractivity contribution in [2.45, 2.75) is 25.7 Å². The number of aromatic amines is 1. The zero-order chi connectivity index (χ0) is 19.3. The number of H-pyrrole nitrogens is 1. The lowest BCUT2D eigenvalue weighted by Crippen LogP contribution is -2.35. The first-order chi connectivity index (χ1) is 13.7. The fourth-order valence-corrected chi connectivity index (χ4v) is 4.11. The molecule has 0 aliphatic carbocycles. The molecule has 0 radical (unpaired) electrons. The lowest BCUT2D eigenvalue weighted by molar-refractivity contribution is 0.384. The van der Waals surface area contributed by atoms with Crippen molar-refractivity contribution in [1.82, 2.24) is 19.6 Å². The van der Waals surface area contributed by atoms with Crippen LogP contribution in [-0.2, 0) is 0 Å². The lowest BCUT2D eigenvalue weighted by atomic mass is 9.98. The highest BCUT2D eigenvalue weighted by Crippen LogP contribution is 2.33. The molecule has 1 atom stereocenters. The fourth-order valence-electron chi connectivity index (χ4n) is 4.11. The molecule has 0 spiro atoms. The topological polar surface area (TPSA) is 103 Å². The molecule has 1 unspecified atom stereocenters. The van der Waals surface area contributed by atoms with E-state index in [1.165, 1.54) is 0 Å². The summed E-state index contributed by atoms with van der Waals surface area (Å²) in [6.07, 6.45) is 1.86. The number of nitriles is 1. The van der Waals surface area contributed by atoms with E-state index < -0.39 is 5.76 Å². The molecule has 0 saturated carbocycles. The number of benzene rings is 1. The molecule has 4 heterocycles. The van der Waals surface area contributed by atoms with E-state index in [2.05, 4.69) is 25.6 Å². The summed E-state index contributed by atoms with van der Waals surface area (Å²) in [6.45, 7) is 3.49. The van der Waals surface area contributed by atoms with Gasteiger partial charge in [0.05, 0.1) is 22.5 Å². The Balaban J connectivity index is 1.68. The van der Waals surface area contributed by atoms with E-state index in [9.17, 15) is 10.1 Å². The Labute approximate surface area is 160 Å². The Morgan fingerprint density at radius 2 is 2.21 bits per heavy atom. The molecule has 28 heavy (non-hydrogen) atoms. The maximum Gasteiger partial charge on any atom is 0.434 e. The Morgan fingerprint density at radius 3 is 3.00 bits per heavy atom. The number of hydrogen-bond acceptors (Lipinski definition) is 6. The van der Waals surface area contributed by atoms with E-state index in [0.29, 0.717) is 23.6 Å². The van der Waals surface area contributed by atoms with Gasteiger partial charge in [0.25, 0.3) is 0 Å². The third-order valence-electron chi connectivity index (χ3n) is 5.41. The molecule has 1 aliphatic rings. The molecule has 1 aliphatic heterocycles. The number of piperidine rings is 1. The van der Waals surface area contributed by atoms with Gasteiger partial charge in [0.1, 0.15) is 11.9 Å². The number of pyridine rings is 1. The van der Waals surface area contributed by atoms with Gasteiger partial charge >= 0.3 is 5.76 Å². The molecule has 5 rings (SSSR count). The van der Waals surface area contributed by atoms with Gasteiger partial charge < -0.3 is 9.32 Å². The molecule has 4 aromatic rings. The second kappa shape index (κ2) is 6.23. The Bertz CT molecular complexity index is 1290. The van der Waals surface area contributed by atoms with Gasteiger partial charge in [-0.3, -0.25) is 4.40 Å². The number of aryl methyl sites for hydroxylation is 1. The molecular formula is C20H18N6O2. The first-order valence-corrected chi connectivity index (χ1v) is 9.27. The average Bonchev–Trinajstić information content (AvgIpc) is 3.31. The Kier molecular flexibility index (Phi) is 3.69. The summed E-state index contributed by atoms with van der Waals surface area (Å²) in [5.74, 6) is 0.951. The molecule has 1 fully saturated rings. The number of anilines is 1. The number of para-hydroxylation sites is 2. The predicted octanol–water partition coefficient (Wildman–Crippen LogP) is 2.73. The van der Waals surface area contributed by atoms with Gasteiger partial charge in [0, 0.05) is 13.1 Å². The predicted molar refractivity (Wildman–Crippen MR) is 103 cm³/mol. The molecule has 3 aromatic heterocycles. The minimum atomic E-state index is -0.524. The SMILES string of the molecule is Cc1cc(N2CCCC(c3n[nH]c(=O)o3)C2)n2c(nc3ccccc32)c1C#N. The van der Waals surface area contributed by atoms with E-state index in [0.717, 1.165) is 41.8 Å². The number of nitrogens with one attached hydrogen (secondary N) is 1. The van der Waals surface area contributed by atoms with Crippen LogP contribution in [0.3, 0.4) is 0 Å². The minimum Gasteiger partial charge on any atom is -0.392 e. The summed E-state index contributed by atoms with van der Waals surface area (Å²) < 4.78 is 7.26. The first-order valence-electron chi connectivity index (χ1n) is 9.27. The summed E-state index contributed by atoms with van der Waals surface area (Å²) in [6, 6.07) is 12.2. The zero-order valence-corrected chi connectivity index (χ0v) is 15.3. The van der Waals surface area contributed by atoms with Crippen LogP contribution in [0.15, 0.2) is 39.5 Å². The summed E-state index contributed by atoms with van der Waals surface area (Å²) in [7, 11) is 0. The van der Waals surface area contributed by atoms with Gasteiger partial charge in [0.15, 0.2) is 5.65 Å². The number of aromatic nitrogens is 4. The highest BCUT2D eigenvalue weighted by molar-refractivity contribution is 5.85. The van der Waals surface area contributed by atoms with E-state index in [-0.39, 0.29) is 5.92 Å². The Morgan fingerprint density at radius 1 is 1.36 bits per heavy atom. The molecule has 1 saturated heterocycles. The summed E-state index contributed by atoms with van der Waals surface area (Å²) in [5.41, 5.74) is 3.99. The molecule has 1 N–H and O–H groups in total. The standard InChI is InChI=1S/C20H18N6O2/c1-12-9-17(25-8-4-5-13(11-25)19-23-24-20(27)28-19)26-16-7-3-2-6-15(16)22-18(26)14(12)10-21/h2-3,6-7,9,13H,4-5,8,11H2,1H3,(H,24,27). The third-order valence-corrected chi connectivity index (χ3v) is 5.41. The number of hydrogen-bond donors (Lipinski definition) is 1. The number of imidazole rings is 1. The van der Waals surface area contributed by atoms with Gasteiger partial charge in [-0.15, -0.1) is 5.10 Å². The normalized spacial score (nSPS) is 17.3. The van der Waals surface area contributed by atoms with Gasteiger partial charge in [-0.25, -0.2) is 14.9 Å². The number of fused-ring (bicyclic) bond motifs is 3. The average molecular weight is 374 g/mol. The van der Waals surface area contributed by atoms with E-state index >= 15 is 0 Å². The lowest BCUT2D eigenvalue weighted by Gasteiger charge is -2.33. The van der Waals surface area contributed by atoms with Gasteiger partial charge in [-0.2, -0.15) is 5.26 Å². The Hall–Kier alpha value is -3.60. The van der Waals surface area contributed by atoms with E-state index in [1.807, 2.05) is 37.3 Å². The van der Waals surface area contributed by atoms with Crippen LogP contribution in [0.25, 0.3) is 16.7 Å². The van der Waals surface area contributed by atoms with Gasteiger partial charge in [-0.1, -0.05) is 12.1 Å². The fraction of sp³-hybridized carbons (Fsp3) is 0.300. The zero-order valence-electron chi connectivity index (χ0n) is 15.3. The van der Waals surface area contributed by atoms with Crippen molar-refractivity contribution < 1.29 is 4.42 Å². The van der Waals surface area contributed by atoms with Gasteiger partial charge in [-0.05, 0) is 43.5 Å². The quantitative estimate of drug-likeness (QED) is 0.579. The summed E-state index contributed by atoms with van der Waals surface area (Å²) >= 11 is 0. The molecule has 8 nitrogen and oxygen atoms in total. The highest BCUT2D eigenvalue weighted by Gasteiger charge is 2.28. The van der Waals surface area contributed by atoms with Crippen LogP contribution in [0.1, 0.15) is 35.8 Å². The van der Waals surface area contributed by atoms with Crippen LogP contribution in [0, 0.1) is 18.3 Å². The van der Waals surface area contributed by atoms with Crippen LogP contribution in [0.5, 0.6) is 0 Å². The molecular weight excluding hydrogens is 356 g/mol. The van der Waals surface area contributed by atoms with Crippen LogP contribution in [0.4, 0.5) is 5.82 Å². The summed E-state index contributed by atoms with van der Waals surface area (Å²) in [5, 5.41) is 16.0. The van der Waals surface area contributed by atoms with E-state index in [1.54, 1.807) is 0 Å². The third kappa shape index (κ3) is 2.47. The molecule has 0 amide bonds. The minimum absolute atomic E-state index is 0.0356. The van der Waals surface area contributed by atoms with Gasteiger partial charge in [0.2, 0.25) is 5.89 Å². The maximum atomic E-state index is 11.3. The van der Waals surface area contributed by atoms with Crippen LogP contribution in [0.2, 0.25) is 0 Å². The molecule has 8 heteroatoms. The van der Waals surface area contributed by atoms with Crippen molar-refractivity contribution in [3.8, 4) is 6.07 Å². The smallest absolute Gasteiger partial charge is 0.392 e. The van der Waals surface area contributed by atoms with Crippen LogP contribution < -0.4 is 10.7 Å². The summed E-state index contributed by atoms with van der Waals surface area (Å²) in [4.78, 5) is 18.3. The highest BCUT2D eigenvalue weighted by atomic mass is 16.4. The van der Waals surface area contributed by atoms with Crippen molar-refractivity contribution in [2.24, 2.45) is 0 Å². The second-order valence-corrected chi connectivity index (χ2v) is 7.17. The van der Waals surface area contributed by atoms with Crippen molar-refractivity contribution in [2.75, 3.05) is 18.0 Å². The van der Waals surface area contributed by atoms with Crippen molar-refractivity contribution in [1.29, 1.82) is 5.26 Å². The number of rotatable bonds is 2. The monoisotopic (exact) mass is 374 g/mol. The van der Waals surface area contributed by atoms with Crippen molar-refractivity contribution >= 4 is 22.5 Å². The second-order valence-electron chi connectivity index (χ2n) is 7.17.